The highest BCUT2D eigenvalue weighted by atomic mass is 35.5. The maximum Gasteiger partial charge on any atom is 0.255 e. The number of anilines is 1. The van der Waals surface area contributed by atoms with Gasteiger partial charge in [0.1, 0.15) is 5.82 Å². The van der Waals surface area contributed by atoms with Gasteiger partial charge in [-0.2, -0.15) is 0 Å². The lowest BCUT2D eigenvalue weighted by Crippen LogP contribution is -2.11. The first-order valence-corrected chi connectivity index (χ1v) is 10.7. The monoisotopic (exact) mass is 437 g/mol. The van der Waals surface area contributed by atoms with E-state index < -0.39 is 0 Å². The maximum absolute atomic E-state index is 12.3. The van der Waals surface area contributed by atoms with Crippen LogP contribution in [-0.2, 0) is 6.42 Å². The average molecular weight is 438 g/mol. The number of nitrogens with zero attached hydrogens (tertiary/aromatic N) is 1. The molecule has 1 aromatic heterocycles. The van der Waals surface area contributed by atoms with Gasteiger partial charge in [-0.05, 0) is 66.1 Å². The van der Waals surface area contributed by atoms with Crippen molar-refractivity contribution in [2.45, 2.75) is 6.42 Å². The number of amides is 1. The van der Waals surface area contributed by atoms with E-state index in [-0.39, 0.29) is 5.91 Å². The SMILES string of the molecule is O=C(Nc1ccc(Cc2ccc(Cl)c(-c3nc4ccccc4[nH]3)c2)cc1)c1ccccc1. The summed E-state index contributed by atoms with van der Waals surface area (Å²) >= 11 is 6.48. The normalized spacial score (nSPS) is 10.9. The molecule has 0 aliphatic carbocycles. The largest absolute Gasteiger partial charge is 0.338 e. The van der Waals surface area contributed by atoms with Crippen molar-refractivity contribution in [3.05, 3.63) is 119 Å². The summed E-state index contributed by atoms with van der Waals surface area (Å²) in [5.41, 5.74) is 6.45. The van der Waals surface area contributed by atoms with Crippen LogP contribution in [0.2, 0.25) is 5.02 Å². The summed E-state index contributed by atoms with van der Waals surface area (Å²) < 4.78 is 0. The minimum Gasteiger partial charge on any atom is -0.338 e. The first-order valence-electron chi connectivity index (χ1n) is 10.3. The number of rotatable bonds is 5. The molecular formula is C27H20ClN3O. The number of aromatic nitrogens is 2. The van der Waals surface area contributed by atoms with E-state index in [1.54, 1.807) is 12.1 Å². The Morgan fingerprint density at radius 1 is 0.844 bits per heavy atom. The smallest absolute Gasteiger partial charge is 0.255 e. The van der Waals surface area contributed by atoms with Gasteiger partial charge in [-0.25, -0.2) is 4.98 Å². The molecule has 0 bridgehead atoms. The Morgan fingerprint density at radius 3 is 2.34 bits per heavy atom. The minimum absolute atomic E-state index is 0.119. The molecule has 0 saturated carbocycles. The van der Waals surface area contributed by atoms with E-state index in [4.69, 9.17) is 11.6 Å². The number of imidazole rings is 1. The Kier molecular flexibility index (Phi) is 5.44. The second-order valence-electron chi connectivity index (χ2n) is 7.61. The number of hydrogen-bond donors (Lipinski definition) is 2. The molecule has 0 saturated heterocycles. The van der Waals surface area contributed by atoms with Crippen LogP contribution in [-0.4, -0.2) is 15.9 Å². The third kappa shape index (κ3) is 4.27. The zero-order chi connectivity index (χ0) is 21.9. The fourth-order valence-corrected chi connectivity index (χ4v) is 3.89. The van der Waals surface area contributed by atoms with Gasteiger partial charge in [-0.1, -0.05) is 60.1 Å². The lowest BCUT2D eigenvalue weighted by Gasteiger charge is -2.08. The highest BCUT2D eigenvalue weighted by molar-refractivity contribution is 6.33. The van der Waals surface area contributed by atoms with Crippen molar-refractivity contribution < 1.29 is 4.79 Å². The summed E-state index contributed by atoms with van der Waals surface area (Å²) in [6.45, 7) is 0. The van der Waals surface area contributed by atoms with Gasteiger partial charge in [-0.15, -0.1) is 0 Å². The number of halogens is 1. The van der Waals surface area contributed by atoms with Crippen LogP contribution in [0.25, 0.3) is 22.4 Å². The molecular weight excluding hydrogens is 418 g/mol. The van der Waals surface area contributed by atoms with E-state index in [1.807, 2.05) is 78.9 Å². The zero-order valence-electron chi connectivity index (χ0n) is 17.2. The number of aromatic amines is 1. The Balaban J connectivity index is 1.33. The van der Waals surface area contributed by atoms with Crippen LogP contribution in [0.15, 0.2) is 97.1 Å². The molecule has 0 aliphatic heterocycles. The molecule has 4 nitrogen and oxygen atoms in total. The number of hydrogen-bond acceptors (Lipinski definition) is 2. The molecule has 0 atom stereocenters. The van der Waals surface area contributed by atoms with E-state index in [2.05, 4.69) is 21.4 Å². The molecule has 0 radical (unpaired) electrons. The Hall–Kier alpha value is -3.89. The predicted molar refractivity (Wildman–Crippen MR) is 130 cm³/mol. The third-order valence-electron chi connectivity index (χ3n) is 5.33. The lowest BCUT2D eigenvalue weighted by molar-refractivity contribution is 0.102. The maximum atomic E-state index is 12.3. The van der Waals surface area contributed by atoms with E-state index in [0.717, 1.165) is 45.7 Å². The average Bonchev–Trinajstić information content (AvgIpc) is 3.26. The van der Waals surface area contributed by atoms with Crippen molar-refractivity contribution in [3.63, 3.8) is 0 Å². The molecule has 2 N–H and O–H groups in total. The van der Waals surface area contributed by atoms with Crippen molar-refractivity contribution in [1.82, 2.24) is 9.97 Å². The van der Waals surface area contributed by atoms with E-state index in [1.165, 1.54) is 0 Å². The van der Waals surface area contributed by atoms with Crippen molar-refractivity contribution in [1.29, 1.82) is 0 Å². The quantitative estimate of drug-likeness (QED) is 0.320. The minimum atomic E-state index is -0.119. The summed E-state index contributed by atoms with van der Waals surface area (Å²) in [6, 6.07) is 31.0. The van der Waals surface area contributed by atoms with Crippen molar-refractivity contribution >= 4 is 34.2 Å². The molecule has 156 valence electrons. The van der Waals surface area contributed by atoms with Gasteiger partial charge >= 0.3 is 0 Å². The van der Waals surface area contributed by atoms with Gasteiger partial charge in [-0.3, -0.25) is 4.79 Å². The van der Waals surface area contributed by atoms with Crippen LogP contribution >= 0.6 is 11.6 Å². The topological polar surface area (TPSA) is 57.8 Å². The van der Waals surface area contributed by atoms with Crippen molar-refractivity contribution in [2.24, 2.45) is 0 Å². The number of benzene rings is 4. The van der Waals surface area contributed by atoms with Crippen LogP contribution in [0.5, 0.6) is 0 Å². The van der Waals surface area contributed by atoms with Crippen LogP contribution in [0.3, 0.4) is 0 Å². The molecule has 5 rings (SSSR count). The van der Waals surface area contributed by atoms with Gasteiger partial charge in [0.15, 0.2) is 0 Å². The Bertz CT molecular complexity index is 1360. The number of carbonyl (C=O) groups excluding carboxylic acids is 1. The summed E-state index contributed by atoms with van der Waals surface area (Å²) in [5, 5.41) is 3.59. The van der Waals surface area contributed by atoms with Gasteiger partial charge in [0.25, 0.3) is 5.91 Å². The Labute approximate surface area is 190 Å². The highest BCUT2D eigenvalue weighted by Crippen LogP contribution is 2.29. The molecule has 4 aromatic carbocycles. The van der Waals surface area contributed by atoms with Crippen LogP contribution in [0.1, 0.15) is 21.5 Å². The number of fused-ring (bicyclic) bond motifs is 1. The predicted octanol–water partition coefficient (Wildman–Crippen LogP) is 6.73. The van der Waals surface area contributed by atoms with Gasteiger partial charge in [0.2, 0.25) is 0 Å². The second kappa shape index (κ2) is 8.69. The molecule has 0 aliphatic rings. The van der Waals surface area contributed by atoms with E-state index in [0.29, 0.717) is 10.6 Å². The molecule has 5 heteroatoms. The van der Waals surface area contributed by atoms with Crippen molar-refractivity contribution in [2.75, 3.05) is 5.32 Å². The molecule has 32 heavy (non-hydrogen) atoms. The third-order valence-corrected chi connectivity index (χ3v) is 5.66. The van der Waals surface area contributed by atoms with E-state index >= 15 is 0 Å². The highest BCUT2D eigenvalue weighted by Gasteiger charge is 2.11. The molecule has 0 unspecified atom stereocenters. The fraction of sp³-hybridized carbons (Fsp3) is 0.0370. The molecule has 1 amide bonds. The van der Waals surface area contributed by atoms with Gasteiger partial charge < -0.3 is 10.3 Å². The zero-order valence-corrected chi connectivity index (χ0v) is 17.9. The van der Waals surface area contributed by atoms with E-state index in [9.17, 15) is 4.79 Å². The Morgan fingerprint density at radius 2 is 1.56 bits per heavy atom. The molecule has 0 fully saturated rings. The van der Waals surface area contributed by atoms with Crippen LogP contribution < -0.4 is 5.32 Å². The molecule has 0 spiro atoms. The first-order chi connectivity index (χ1) is 15.7. The summed E-state index contributed by atoms with van der Waals surface area (Å²) in [7, 11) is 0. The number of nitrogens with one attached hydrogen (secondary N) is 2. The summed E-state index contributed by atoms with van der Waals surface area (Å²) in [5.74, 6) is 0.642. The second-order valence-corrected chi connectivity index (χ2v) is 8.02. The number of para-hydroxylation sites is 2. The number of H-pyrrole nitrogens is 1. The summed E-state index contributed by atoms with van der Waals surface area (Å²) in [6.07, 6.45) is 0.747. The van der Waals surface area contributed by atoms with Crippen LogP contribution in [0.4, 0.5) is 5.69 Å². The van der Waals surface area contributed by atoms with Gasteiger partial charge in [0, 0.05) is 16.8 Å². The van der Waals surface area contributed by atoms with Gasteiger partial charge in [0.05, 0.1) is 16.1 Å². The van der Waals surface area contributed by atoms with Crippen molar-refractivity contribution in [3.8, 4) is 11.4 Å². The lowest BCUT2D eigenvalue weighted by atomic mass is 10.0. The first kappa shape index (κ1) is 20.0. The number of carbonyl (C=O) groups is 1. The van der Waals surface area contributed by atoms with Crippen LogP contribution in [0, 0.1) is 0 Å². The standard InChI is InChI=1S/C27H20ClN3O/c28-23-15-12-19(17-22(23)26-30-24-8-4-5-9-25(24)31-26)16-18-10-13-21(14-11-18)29-27(32)20-6-2-1-3-7-20/h1-15,17H,16H2,(H,29,32)(H,30,31). The molecule has 5 aromatic rings. The summed E-state index contributed by atoms with van der Waals surface area (Å²) in [4.78, 5) is 20.3. The fourth-order valence-electron chi connectivity index (χ4n) is 3.68. The molecule has 1 heterocycles.